The van der Waals surface area contributed by atoms with Crippen LogP contribution in [0.1, 0.15) is 12.5 Å². The molecule has 176 valence electrons. The highest BCUT2D eigenvalue weighted by Gasteiger charge is 2.75. The summed E-state index contributed by atoms with van der Waals surface area (Å²) in [6, 6.07) is 3.33. The lowest BCUT2D eigenvalue weighted by Crippen LogP contribution is -2.41. The van der Waals surface area contributed by atoms with Crippen LogP contribution in [0.4, 0.5) is 5.82 Å². The Morgan fingerprint density at radius 2 is 2.12 bits per heavy atom. The fourth-order valence-corrected chi connectivity index (χ4v) is 6.45. The van der Waals surface area contributed by atoms with E-state index in [4.69, 9.17) is 0 Å². The summed E-state index contributed by atoms with van der Waals surface area (Å²) in [7, 11) is 3.26. The van der Waals surface area contributed by atoms with Crippen molar-refractivity contribution in [1.29, 1.82) is 0 Å². The van der Waals surface area contributed by atoms with Gasteiger partial charge in [0.15, 0.2) is 17.0 Å². The van der Waals surface area contributed by atoms with Crippen LogP contribution in [0.5, 0.6) is 0 Å². The molecular formula is C20H20BrN9O3S. The molecule has 1 amide bonds. The minimum absolute atomic E-state index is 0.235. The van der Waals surface area contributed by atoms with E-state index in [2.05, 4.69) is 51.8 Å². The highest BCUT2D eigenvalue weighted by Crippen LogP contribution is 2.67. The number of nitrogens with one attached hydrogen (secondary N) is 2. The van der Waals surface area contributed by atoms with Crippen LogP contribution in [0.3, 0.4) is 0 Å². The molecule has 12 nitrogen and oxygen atoms in total. The number of imidazole rings is 1. The number of amides is 1. The summed E-state index contributed by atoms with van der Waals surface area (Å²) in [5.74, 6) is 0.254. The number of nitrogens with zero attached hydrogens (tertiary/aromatic N) is 7. The Morgan fingerprint density at radius 1 is 1.29 bits per heavy atom. The smallest absolute Gasteiger partial charge is 0.256 e. The van der Waals surface area contributed by atoms with Gasteiger partial charge in [-0.05, 0) is 34.5 Å². The summed E-state index contributed by atoms with van der Waals surface area (Å²) in [6.07, 6.45) is 1.48. The minimum atomic E-state index is -1.17. The van der Waals surface area contributed by atoms with E-state index in [0.717, 1.165) is 8.66 Å². The minimum Gasteiger partial charge on any atom is -0.389 e. The van der Waals surface area contributed by atoms with Gasteiger partial charge in [-0.2, -0.15) is 14.6 Å². The summed E-state index contributed by atoms with van der Waals surface area (Å²) in [4.78, 5) is 27.1. The lowest BCUT2D eigenvalue weighted by molar-refractivity contribution is -0.132. The average Bonchev–Trinajstić information content (AvgIpc) is 3.26. The van der Waals surface area contributed by atoms with Gasteiger partial charge in [0.05, 0.1) is 38.7 Å². The van der Waals surface area contributed by atoms with Crippen molar-refractivity contribution in [3.8, 4) is 16.5 Å². The zero-order valence-electron chi connectivity index (χ0n) is 18.0. The molecule has 2 unspecified atom stereocenters. The molecule has 0 aromatic carbocycles. The van der Waals surface area contributed by atoms with Crippen LogP contribution in [-0.2, 0) is 4.79 Å². The van der Waals surface area contributed by atoms with E-state index < -0.39 is 23.7 Å². The fraction of sp³-hybridized carbons (Fsp3) is 0.400. The number of carbonyl (C=O) groups is 1. The standard InChI is InChI=1S/C20H20BrN9O3S/c1-22-16-12-17(26-19(25-16)30-6-9(27-28-30)10-3-4-11(21)34-10)29(7-24-12)13-8-5-20(8,18(33)23-2)15(32)14(13)31/h3-4,6-8,13-15,31-32H,5H2,1-2H3,(H,23,33)(H,22,25,26)/t8?,13-,14+,15?,20-/m1/s1. The highest BCUT2D eigenvalue weighted by molar-refractivity contribution is 9.11. The molecule has 2 aliphatic rings. The Bertz CT molecular complexity index is 1430. The fourth-order valence-electron chi connectivity index (χ4n) is 5.11. The van der Waals surface area contributed by atoms with Gasteiger partial charge in [0, 0.05) is 20.0 Å². The maximum absolute atomic E-state index is 12.5. The molecule has 0 saturated heterocycles. The molecule has 4 aromatic heterocycles. The predicted octanol–water partition coefficient (Wildman–Crippen LogP) is 0.968. The molecule has 0 aliphatic heterocycles. The first kappa shape index (κ1) is 21.6. The van der Waals surface area contributed by atoms with Crippen molar-refractivity contribution in [1.82, 2.24) is 39.8 Å². The van der Waals surface area contributed by atoms with Crippen molar-refractivity contribution in [3.05, 3.63) is 28.4 Å². The molecule has 0 bridgehead atoms. The molecule has 14 heteroatoms. The number of anilines is 1. The Morgan fingerprint density at radius 3 is 2.82 bits per heavy atom. The first-order chi connectivity index (χ1) is 16.4. The predicted molar refractivity (Wildman–Crippen MR) is 126 cm³/mol. The molecule has 34 heavy (non-hydrogen) atoms. The summed E-state index contributed by atoms with van der Waals surface area (Å²) in [5, 5.41) is 35.7. The molecule has 2 aliphatic carbocycles. The lowest BCUT2D eigenvalue weighted by Gasteiger charge is -2.23. The maximum Gasteiger partial charge on any atom is 0.256 e. The number of aromatic nitrogens is 7. The number of aliphatic hydroxyl groups is 2. The molecule has 4 N–H and O–H groups in total. The van der Waals surface area contributed by atoms with Crippen LogP contribution in [0, 0.1) is 11.3 Å². The average molecular weight is 546 g/mol. The monoisotopic (exact) mass is 545 g/mol. The summed E-state index contributed by atoms with van der Waals surface area (Å²) in [6.45, 7) is 0. The van der Waals surface area contributed by atoms with Crippen molar-refractivity contribution >= 4 is 50.2 Å². The number of hydrogen-bond acceptors (Lipinski definition) is 10. The number of thiophene rings is 1. The van der Waals surface area contributed by atoms with Gasteiger partial charge in [0.25, 0.3) is 5.95 Å². The van der Waals surface area contributed by atoms with E-state index in [-0.39, 0.29) is 17.8 Å². The molecule has 4 heterocycles. The second kappa shape index (κ2) is 7.53. The molecule has 4 aromatic rings. The van der Waals surface area contributed by atoms with Gasteiger partial charge in [-0.15, -0.1) is 16.4 Å². The van der Waals surface area contributed by atoms with Crippen LogP contribution in [0.25, 0.3) is 27.7 Å². The van der Waals surface area contributed by atoms with Crippen molar-refractivity contribution in [2.45, 2.75) is 24.7 Å². The number of aliphatic hydroxyl groups excluding tert-OH is 2. The number of halogens is 1. The lowest BCUT2D eigenvalue weighted by atomic mass is 9.98. The van der Waals surface area contributed by atoms with Gasteiger partial charge in [-0.3, -0.25) is 4.79 Å². The van der Waals surface area contributed by atoms with Crippen molar-refractivity contribution in [2.24, 2.45) is 11.3 Å². The van der Waals surface area contributed by atoms with Gasteiger partial charge in [0.2, 0.25) is 5.91 Å². The van der Waals surface area contributed by atoms with Crippen molar-refractivity contribution in [3.63, 3.8) is 0 Å². The van der Waals surface area contributed by atoms with Crippen LogP contribution in [0.2, 0.25) is 0 Å². The summed E-state index contributed by atoms with van der Waals surface area (Å²) < 4.78 is 4.19. The molecule has 0 spiro atoms. The Kier molecular flexibility index (Phi) is 4.78. The van der Waals surface area contributed by atoms with Gasteiger partial charge in [-0.1, -0.05) is 5.21 Å². The van der Waals surface area contributed by atoms with E-state index in [1.807, 2.05) is 12.1 Å². The van der Waals surface area contributed by atoms with Crippen LogP contribution in [0.15, 0.2) is 28.4 Å². The van der Waals surface area contributed by atoms with Gasteiger partial charge in [0.1, 0.15) is 11.8 Å². The van der Waals surface area contributed by atoms with E-state index >= 15 is 0 Å². The zero-order valence-corrected chi connectivity index (χ0v) is 20.4. The van der Waals surface area contributed by atoms with E-state index in [9.17, 15) is 15.0 Å². The molecule has 6 rings (SSSR count). The van der Waals surface area contributed by atoms with Crippen molar-refractivity contribution in [2.75, 3.05) is 19.4 Å². The van der Waals surface area contributed by atoms with Crippen molar-refractivity contribution < 1.29 is 15.0 Å². The Hall–Kier alpha value is -2.94. The number of fused-ring (bicyclic) bond motifs is 2. The molecular weight excluding hydrogens is 526 g/mol. The van der Waals surface area contributed by atoms with Gasteiger partial charge >= 0.3 is 0 Å². The quantitative estimate of drug-likeness (QED) is 0.287. The second-order valence-corrected chi connectivity index (χ2v) is 10.9. The van der Waals surface area contributed by atoms with Gasteiger partial charge < -0.3 is 25.4 Å². The third-order valence-electron chi connectivity index (χ3n) is 6.81. The van der Waals surface area contributed by atoms with E-state index in [1.165, 1.54) is 23.1 Å². The molecule has 0 radical (unpaired) electrons. The van der Waals surface area contributed by atoms with Crippen LogP contribution in [-0.4, -0.2) is 76.9 Å². The van der Waals surface area contributed by atoms with Gasteiger partial charge in [-0.25, -0.2) is 4.98 Å². The third kappa shape index (κ3) is 2.88. The topological polar surface area (TPSA) is 156 Å². The van der Waals surface area contributed by atoms with Crippen LogP contribution >= 0.6 is 27.3 Å². The Labute approximate surface area is 205 Å². The molecule has 5 atom stereocenters. The first-order valence-corrected chi connectivity index (χ1v) is 12.2. The second-order valence-electron chi connectivity index (χ2n) is 8.45. The molecule has 2 fully saturated rings. The normalized spacial score (nSPS) is 27.7. The number of rotatable bonds is 5. The number of carbonyl (C=O) groups excluding carboxylic acids is 1. The number of hydrogen-bond donors (Lipinski definition) is 4. The van der Waals surface area contributed by atoms with E-state index in [0.29, 0.717) is 29.1 Å². The Balaban J connectivity index is 1.43. The first-order valence-electron chi connectivity index (χ1n) is 10.6. The zero-order chi connectivity index (χ0) is 23.8. The highest BCUT2D eigenvalue weighted by atomic mass is 79.9. The SMILES string of the molecule is CNC(=O)[C@]12CC1[C@@H](n1cnc3c(NC)nc(-n4cc(-c5ccc(Br)s5)nn4)nc31)[C@H](O)C2O. The summed E-state index contributed by atoms with van der Waals surface area (Å²) >= 11 is 4.99. The third-order valence-corrected chi connectivity index (χ3v) is 8.46. The van der Waals surface area contributed by atoms with Crippen LogP contribution < -0.4 is 10.6 Å². The van der Waals surface area contributed by atoms with E-state index in [1.54, 1.807) is 24.1 Å². The summed E-state index contributed by atoms with van der Waals surface area (Å²) in [5.41, 5.74) is 0.656. The largest absolute Gasteiger partial charge is 0.389 e. The molecule has 2 saturated carbocycles. The maximum atomic E-state index is 12.5.